The summed E-state index contributed by atoms with van der Waals surface area (Å²) in [6.45, 7) is 4.21. The molecule has 29 heavy (non-hydrogen) atoms. The van der Waals surface area contributed by atoms with Crippen LogP contribution < -0.4 is 0 Å². The molecule has 0 radical (unpaired) electrons. The molecule has 4 rings (SSSR count). The van der Waals surface area contributed by atoms with Crippen LogP contribution in [0.4, 0.5) is 0 Å². The number of aliphatic hydroxyl groups is 1. The Kier molecular flexibility index (Phi) is 6.43. The van der Waals surface area contributed by atoms with Crippen LogP contribution >= 0.6 is 0 Å². The average molecular weight is 391 g/mol. The summed E-state index contributed by atoms with van der Waals surface area (Å²) in [5.74, 6) is 1.60. The SMILES string of the molecule is Cc1oc(-c2ccc(-c3ccccc3)cc2)nc1CN1CCCCC1CCCO. The van der Waals surface area contributed by atoms with E-state index in [4.69, 9.17) is 9.40 Å². The molecule has 0 spiro atoms. The molecule has 1 N–H and O–H groups in total. The lowest BCUT2D eigenvalue weighted by molar-refractivity contribution is 0.122. The molecule has 2 heterocycles. The maximum Gasteiger partial charge on any atom is 0.226 e. The molecule has 0 saturated carbocycles. The molecule has 1 aliphatic heterocycles. The number of nitrogens with zero attached hydrogens (tertiary/aromatic N) is 2. The first kappa shape index (κ1) is 19.9. The number of piperidine rings is 1. The highest BCUT2D eigenvalue weighted by Gasteiger charge is 2.24. The van der Waals surface area contributed by atoms with Crippen molar-refractivity contribution in [2.75, 3.05) is 13.2 Å². The van der Waals surface area contributed by atoms with Crippen LogP contribution in [0.15, 0.2) is 59.0 Å². The van der Waals surface area contributed by atoms with E-state index in [9.17, 15) is 5.11 Å². The summed E-state index contributed by atoms with van der Waals surface area (Å²) in [5.41, 5.74) is 4.44. The monoisotopic (exact) mass is 390 g/mol. The molecule has 1 aromatic heterocycles. The minimum absolute atomic E-state index is 0.274. The number of rotatable bonds is 7. The van der Waals surface area contributed by atoms with Crippen molar-refractivity contribution in [2.45, 2.75) is 51.6 Å². The molecule has 1 unspecified atom stereocenters. The van der Waals surface area contributed by atoms with Gasteiger partial charge in [0, 0.05) is 24.8 Å². The normalized spacial score (nSPS) is 17.5. The Labute approximate surface area is 173 Å². The largest absolute Gasteiger partial charge is 0.441 e. The van der Waals surface area contributed by atoms with Crippen LogP contribution in [0.25, 0.3) is 22.6 Å². The molecular weight excluding hydrogens is 360 g/mol. The van der Waals surface area contributed by atoms with E-state index in [0.717, 1.165) is 42.9 Å². The second-order valence-corrected chi connectivity index (χ2v) is 7.95. The lowest BCUT2D eigenvalue weighted by atomic mass is 9.98. The standard InChI is InChI=1S/C25H30N2O2/c1-19-24(18-27-16-6-5-10-23(27)11-7-17-28)26-25(29-19)22-14-12-21(13-15-22)20-8-3-2-4-9-20/h2-4,8-9,12-15,23,28H,5-7,10-11,16-18H2,1H3. The third-order valence-electron chi connectivity index (χ3n) is 5.93. The van der Waals surface area contributed by atoms with Crippen LogP contribution in [0.3, 0.4) is 0 Å². The van der Waals surface area contributed by atoms with Crippen LogP contribution in [-0.4, -0.2) is 34.2 Å². The van der Waals surface area contributed by atoms with E-state index < -0.39 is 0 Å². The fourth-order valence-electron chi connectivity index (χ4n) is 4.25. The molecule has 3 aromatic rings. The number of hydrogen-bond acceptors (Lipinski definition) is 4. The predicted molar refractivity (Wildman–Crippen MR) is 116 cm³/mol. The van der Waals surface area contributed by atoms with Crippen LogP contribution in [0.1, 0.15) is 43.6 Å². The molecule has 1 saturated heterocycles. The van der Waals surface area contributed by atoms with Crippen LogP contribution in [-0.2, 0) is 6.54 Å². The summed E-state index contributed by atoms with van der Waals surface area (Å²) in [6, 6.07) is 19.3. The number of likely N-dealkylation sites (tertiary alicyclic amines) is 1. The molecule has 0 aliphatic carbocycles. The van der Waals surface area contributed by atoms with E-state index >= 15 is 0 Å². The maximum atomic E-state index is 9.19. The first-order valence-electron chi connectivity index (χ1n) is 10.7. The maximum absolute atomic E-state index is 9.19. The molecule has 152 valence electrons. The smallest absolute Gasteiger partial charge is 0.226 e. The number of benzene rings is 2. The van der Waals surface area contributed by atoms with E-state index in [-0.39, 0.29) is 6.61 Å². The summed E-state index contributed by atoms with van der Waals surface area (Å²) < 4.78 is 6.03. The molecule has 1 atom stereocenters. The predicted octanol–water partition coefficient (Wildman–Crippen LogP) is 5.44. The van der Waals surface area contributed by atoms with Gasteiger partial charge in [0.1, 0.15) is 5.76 Å². The molecule has 2 aromatic carbocycles. The number of aromatic nitrogens is 1. The lowest BCUT2D eigenvalue weighted by Crippen LogP contribution is -2.39. The summed E-state index contributed by atoms with van der Waals surface area (Å²) >= 11 is 0. The van der Waals surface area contributed by atoms with Gasteiger partial charge >= 0.3 is 0 Å². The van der Waals surface area contributed by atoms with Gasteiger partial charge in [0.25, 0.3) is 0 Å². The Morgan fingerprint density at radius 1 is 1.00 bits per heavy atom. The second-order valence-electron chi connectivity index (χ2n) is 7.95. The van der Waals surface area contributed by atoms with E-state index in [1.54, 1.807) is 0 Å². The minimum atomic E-state index is 0.274. The third-order valence-corrected chi connectivity index (χ3v) is 5.93. The summed E-state index contributed by atoms with van der Waals surface area (Å²) in [5, 5.41) is 9.19. The first-order chi connectivity index (χ1) is 14.2. The van der Waals surface area contributed by atoms with Gasteiger partial charge < -0.3 is 9.52 Å². The Bertz CT molecular complexity index is 902. The van der Waals surface area contributed by atoms with Gasteiger partial charge in [0.05, 0.1) is 5.69 Å². The van der Waals surface area contributed by atoms with Crippen molar-refractivity contribution in [3.8, 4) is 22.6 Å². The van der Waals surface area contributed by atoms with Crippen LogP contribution in [0, 0.1) is 6.92 Å². The summed E-state index contributed by atoms with van der Waals surface area (Å²) in [7, 11) is 0. The Balaban J connectivity index is 1.49. The summed E-state index contributed by atoms with van der Waals surface area (Å²) in [6.07, 6.45) is 5.66. The molecule has 1 fully saturated rings. The van der Waals surface area contributed by atoms with Crippen molar-refractivity contribution in [1.82, 2.24) is 9.88 Å². The van der Waals surface area contributed by atoms with Gasteiger partial charge in [0.2, 0.25) is 5.89 Å². The zero-order chi connectivity index (χ0) is 20.1. The highest BCUT2D eigenvalue weighted by molar-refractivity contribution is 5.67. The van der Waals surface area contributed by atoms with Gasteiger partial charge in [-0.05, 0) is 62.4 Å². The lowest BCUT2D eigenvalue weighted by Gasteiger charge is -2.35. The zero-order valence-corrected chi connectivity index (χ0v) is 17.2. The van der Waals surface area contributed by atoms with Crippen molar-refractivity contribution >= 4 is 0 Å². The van der Waals surface area contributed by atoms with Crippen molar-refractivity contribution in [3.05, 3.63) is 66.1 Å². The molecule has 1 aliphatic rings. The van der Waals surface area contributed by atoms with Gasteiger partial charge in [-0.3, -0.25) is 4.90 Å². The fourth-order valence-corrected chi connectivity index (χ4v) is 4.25. The van der Waals surface area contributed by atoms with Gasteiger partial charge in [-0.25, -0.2) is 4.98 Å². The quantitative estimate of drug-likeness (QED) is 0.583. The number of aryl methyl sites for hydroxylation is 1. The van der Waals surface area contributed by atoms with Gasteiger partial charge in [-0.2, -0.15) is 0 Å². The van der Waals surface area contributed by atoms with Crippen LogP contribution in [0.2, 0.25) is 0 Å². The first-order valence-corrected chi connectivity index (χ1v) is 10.7. The van der Waals surface area contributed by atoms with E-state index in [1.807, 2.05) is 13.0 Å². The Hall–Kier alpha value is -2.43. The van der Waals surface area contributed by atoms with Crippen LogP contribution in [0.5, 0.6) is 0 Å². The molecule has 0 amide bonds. The summed E-state index contributed by atoms with van der Waals surface area (Å²) in [4.78, 5) is 7.35. The van der Waals surface area contributed by atoms with Gasteiger partial charge in [-0.1, -0.05) is 48.9 Å². The Morgan fingerprint density at radius 2 is 1.72 bits per heavy atom. The topological polar surface area (TPSA) is 49.5 Å². The fraction of sp³-hybridized carbons (Fsp3) is 0.400. The average Bonchev–Trinajstić information content (AvgIpc) is 3.14. The highest BCUT2D eigenvalue weighted by Crippen LogP contribution is 2.28. The number of oxazole rings is 1. The van der Waals surface area contributed by atoms with Crippen molar-refractivity contribution < 1.29 is 9.52 Å². The van der Waals surface area contributed by atoms with Crippen molar-refractivity contribution in [3.63, 3.8) is 0 Å². The minimum Gasteiger partial charge on any atom is -0.441 e. The zero-order valence-electron chi connectivity index (χ0n) is 17.2. The molecule has 4 nitrogen and oxygen atoms in total. The van der Waals surface area contributed by atoms with Crippen molar-refractivity contribution in [1.29, 1.82) is 0 Å². The second kappa shape index (κ2) is 9.38. The van der Waals surface area contributed by atoms with Crippen molar-refractivity contribution in [2.24, 2.45) is 0 Å². The van der Waals surface area contributed by atoms with E-state index in [1.165, 1.54) is 30.4 Å². The molecular formula is C25H30N2O2. The third kappa shape index (κ3) is 4.77. The van der Waals surface area contributed by atoms with E-state index in [2.05, 4.69) is 53.4 Å². The van der Waals surface area contributed by atoms with Gasteiger partial charge in [0.15, 0.2) is 0 Å². The molecule has 0 bridgehead atoms. The Morgan fingerprint density at radius 3 is 2.48 bits per heavy atom. The van der Waals surface area contributed by atoms with E-state index in [0.29, 0.717) is 11.9 Å². The van der Waals surface area contributed by atoms with Gasteiger partial charge in [-0.15, -0.1) is 0 Å². The number of hydrogen-bond donors (Lipinski definition) is 1. The number of aliphatic hydroxyl groups excluding tert-OH is 1. The highest BCUT2D eigenvalue weighted by atomic mass is 16.4. The molecule has 4 heteroatoms.